The summed E-state index contributed by atoms with van der Waals surface area (Å²) in [4.78, 5) is 0. The highest BCUT2D eigenvalue weighted by Crippen LogP contribution is 2.31. The van der Waals surface area contributed by atoms with Crippen molar-refractivity contribution in [1.29, 1.82) is 0 Å². The first-order valence-corrected chi connectivity index (χ1v) is 4.65. The second-order valence-corrected chi connectivity index (χ2v) is 3.74. The molecule has 0 aromatic heterocycles. The number of aryl methyl sites for hydroxylation is 1. The molecular formula is C11H13FO. The SMILES string of the molecule is CC1c2cc(F)ccc2CCC1O. The average Bonchev–Trinajstić information content (AvgIpc) is 2.12. The molecule has 70 valence electrons. The Morgan fingerprint density at radius 3 is 3.00 bits per heavy atom. The van der Waals surface area contributed by atoms with Crippen molar-refractivity contribution in [1.82, 2.24) is 0 Å². The number of aliphatic hydroxyl groups excluding tert-OH is 1. The number of hydrogen-bond acceptors (Lipinski definition) is 1. The van der Waals surface area contributed by atoms with Crippen molar-refractivity contribution in [3.63, 3.8) is 0 Å². The Bertz CT molecular complexity index is 322. The highest BCUT2D eigenvalue weighted by atomic mass is 19.1. The van der Waals surface area contributed by atoms with Crippen LogP contribution >= 0.6 is 0 Å². The van der Waals surface area contributed by atoms with Gasteiger partial charge in [-0.2, -0.15) is 0 Å². The molecule has 2 heteroatoms. The van der Waals surface area contributed by atoms with E-state index >= 15 is 0 Å². The summed E-state index contributed by atoms with van der Waals surface area (Å²) in [6.45, 7) is 1.95. The number of rotatable bonds is 0. The molecular weight excluding hydrogens is 167 g/mol. The van der Waals surface area contributed by atoms with E-state index in [4.69, 9.17) is 0 Å². The minimum Gasteiger partial charge on any atom is -0.392 e. The lowest BCUT2D eigenvalue weighted by Gasteiger charge is -2.27. The van der Waals surface area contributed by atoms with Gasteiger partial charge in [-0.25, -0.2) is 4.39 Å². The Hall–Kier alpha value is -0.890. The van der Waals surface area contributed by atoms with Crippen LogP contribution in [0.3, 0.4) is 0 Å². The molecule has 1 nitrogen and oxygen atoms in total. The van der Waals surface area contributed by atoms with Gasteiger partial charge in [0.1, 0.15) is 5.82 Å². The molecule has 0 saturated carbocycles. The molecule has 0 heterocycles. The topological polar surface area (TPSA) is 20.2 Å². The molecule has 1 N–H and O–H groups in total. The molecule has 2 atom stereocenters. The highest BCUT2D eigenvalue weighted by molar-refractivity contribution is 5.33. The van der Waals surface area contributed by atoms with Crippen molar-refractivity contribution in [2.75, 3.05) is 0 Å². The molecule has 1 aliphatic carbocycles. The van der Waals surface area contributed by atoms with Crippen LogP contribution in [0.15, 0.2) is 18.2 Å². The minimum atomic E-state index is -0.311. The van der Waals surface area contributed by atoms with E-state index in [1.807, 2.05) is 13.0 Å². The van der Waals surface area contributed by atoms with E-state index in [1.165, 1.54) is 11.6 Å². The maximum absolute atomic E-state index is 12.9. The van der Waals surface area contributed by atoms with Crippen molar-refractivity contribution in [2.45, 2.75) is 31.8 Å². The van der Waals surface area contributed by atoms with Gasteiger partial charge in [-0.3, -0.25) is 0 Å². The van der Waals surface area contributed by atoms with Gasteiger partial charge in [0.2, 0.25) is 0 Å². The molecule has 2 unspecified atom stereocenters. The maximum atomic E-state index is 12.9. The zero-order valence-corrected chi connectivity index (χ0v) is 7.63. The number of fused-ring (bicyclic) bond motifs is 1. The van der Waals surface area contributed by atoms with Gasteiger partial charge in [0, 0.05) is 5.92 Å². The van der Waals surface area contributed by atoms with E-state index in [9.17, 15) is 9.50 Å². The number of benzene rings is 1. The van der Waals surface area contributed by atoms with Gasteiger partial charge < -0.3 is 5.11 Å². The number of hydrogen-bond donors (Lipinski definition) is 1. The fourth-order valence-electron chi connectivity index (χ4n) is 1.98. The summed E-state index contributed by atoms with van der Waals surface area (Å²) in [5.41, 5.74) is 2.15. The first-order valence-electron chi connectivity index (χ1n) is 4.65. The molecule has 0 radical (unpaired) electrons. The van der Waals surface area contributed by atoms with Crippen LogP contribution in [0.25, 0.3) is 0 Å². The Balaban J connectivity index is 2.45. The molecule has 1 aromatic carbocycles. The third kappa shape index (κ3) is 1.46. The maximum Gasteiger partial charge on any atom is 0.123 e. The summed E-state index contributed by atoms with van der Waals surface area (Å²) < 4.78 is 12.9. The smallest absolute Gasteiger partial charge is 0.123 e. The van der Waals surface area contributed by atoms with Gasteiger partial charge in [0.05, 0.1) is 6.10 Å². The van der Waals surface area contributed by atoms with Gasteiger partial charge >= 0.3 is 0 Å². The zero-order chi connectivity index (χ0) is 9.42. The largest absolute Gasteiger partial charge is 0.392 e. The lowest BCUT2D eigenvalue weighted by atomic mass is 9.82. The Labute approximate surface area is 77.2 Å². The predicted molar refractivity (Wildman–Crippen MR) is 49.1 cm³/mol. The minimum absolute atomic E-state index is 0.0689. The van der Waals surface area contributed by atoms with E-state index in [1.54, 1.807) is 6.07 Å². The van der Waals surface area contributed by atoms with Crippen LogP contribution in [0, 0.1) is 5.82 Å². The lowest BCUT2D eigenvalue weighted by molar-refractivity contribution is 0.132. The van der Waals surface area contributed by atoms with Crippen LogP contribution in [0.1, 0.15) is 30.4 Å². The number of halogens is 1. The molecule has 13 heavy (non-hydrogen) atoms. The van der Waals surface area contributed by atoms with Crippen LogP contribution in [0.5, 0.6) is 0 Å². The van der Waals surface area contributed by atoms with Crippen LogP contribution < -0.4 is 0 Å². The second kappa shape index (κ2) is 3.11. The Morgan fingerprint density at radius 2 is 2.23 bits per heavy atom. The first-order chi connectivity index (χ1) is 6.18. The summed E-state index contributed by atoms with van der Waals surface area (Å²) in [6, 6.07) is 4.86. The van der Waals surface area contributed by atoms with Gasteiger partial charge in [0.25, 0.3) is 0 Å². The van der Waals surface area contributed by atoms with Crippen LogP contribution in [0.2, 0.25) is 0 Å². The van der Waals surface area contributed by atoms with E-state index in [2.05, 4.69) is 0 Å². The summed E-state index contributed by atoms with van der Waals surface area (Å²) >= 11 is 0. The highest BCUT2D eigenvalue weighted by Gasteiger charge is 2.24. The quantitative estimate of drug-likeness (QED) is 0.649. The van der Waals surface area contributed by atoms with Crippen molar-refractivity contribution >= 4 is 0 Å². The summed E-state index contributed by atoms with van der Waals surface area (Å²) in [6.07, 6.45) is 1.34. The third-order valence-electron chi connectivity index (χ3n) is 2.89. The molecule has 0 saturated heterocycles. The Kier molecular flexibility index (Phi) is 2.08. The average molecular weight is 180 g/mol. The van der Waals surface area contributed by atoms with E-state index in [0.717, 1.165) is 18.4 Å². The van der Waals surface area contributed by atoms with Crippen molar-refractivity contribution < 1.29 is 9.50 Å². The van der Waals surface area contributed by atoms with Gasteiger partial charge in [-0.15, -0.1) is 0 Å². The van der Waals surface area contributed by atoms with Gasteiger partial charge in [0.15, 0.2) is 0 Å². The standard InChI is InChI=1S/C11H13FO/c1-7-10-6-9(12)4-2-8(10)3-5-11(7)13/h2,4,6-7,11,13H,3,5H2,1H3. The summed E-state index contributed by atoms with van der Waals surface area (Å²) in [7, 11) is 0. The van der Waals surface area contributed by atoms with Crippen molar-refractivity contribution in [3.05, 3.63) is 35.1 Å². The molecule has 1 aliphatic rings. The van der Waals surface area contributed by atoms with E-state index < -0.39 is 0 Å². The third-order valence-corrected chi connectivity index (χ3v) is 2.89. The van der Waals surface area contributed by atoms with E-state index in [0.29, 0.717) is 0 Å². The van der Waals surface area contributed by atoms with E-state index in [-0.39, 0.29) is 17.8 Å². The Morgan fingerprint density at radius 1 is 1.46 bits per heavy atom. The molecule has 0 spiro atoms. The van der Waals surface area contributed by atoms with Crippen LogP contribution in [-0.2, 0) is 6.42 Å². The molecule has 0 amide bonds. The molecule has 0 bridgehead atoms. The lowest BCUT2D eigenvalue weighted by Crippen LogP contribution is -2.23. The molecule has 0 fully saturated rings. The molecule has 2 rings (SSSR count). The van der Waals surface area contributed by atoms with Crippen LogP contribution in [0.4, 0.5) is 4.39 Å². The molecule has 0 aliphatic heterocycles. The van der Waals surface area contributed by atoms with Gasteiger partial charge in [-0.05, 0) is 36.1 Å². The normalized spacial score (nSPS) is 27.0. The fourth-order valence-corrected chi connectivity index (χ4v) is 1.98. The first kappa shape index (κ1) is 8.70. The molecule has 1 aromatic rings. The fraction of sp³-hybridized carbons (Fsp3) is 0.455. The second-order valence-electron chi connectivity index (χ2n) is 3.74. The summed E-state index contributed by atoms with van der Waals surface area (Å²) in [5.74, 6) is -0.140. The number of aliphatic hydroxyl groups is 1. The predicted octanol–water partition coefficient (Wildman–Crippen LogP) is 2.24. The monoisotopic (exact) mass is 180 g/mol. The van der Waals surface area contributed by atoms with Crippen molar-refractivity contribution in [2.24, 2.45) is 0 Å². The zero-order valence-electron chi connectivity index (χ0n) is 7.63. The van der Waals surface area contributed by atoms with Gasteiger partial charge in [-0.1, -0.05) is 13.0 Å². The summed E-state index contributed by atoms with van der Waals surface area (Å²) in [5, 5.41) is 9.59. The van der Waals surface area contributed by atoms with Crippen molar-refractivity contribution in [3.8, 4) is 0 Å². The van der Waals surface area contributed by atoms with Crippen LogP contribution in [-0.4, -0.2) is 11.2 Å².